The fraction of sp³-hybridized carbons (Fsp3) is 0.292. The third kappa shape index (κ3) is 6.55. The van der Waals surface area contributed by atoms with Crippen molar-refractivity contribution in [1.82, 2.24) is 14.8 Å². The van der Waals surface area contributed by atoms with Crippen molar-refractivity contribution in [3.8, 4) is 5.75 Å². The smallest absolute Gasteiger partial charge is 0.337 e. The maximum atomic E-state index is 12.6. The van der Waals surface area contributed by atoms with Crippen LogP contribution in [-0.2, 0) is 21.3 Å². The summed E-state index contributed by atoms with van der Waals surface area (Å²) in [5.41, 5.74) is 1.46. The first-order valence-corrected chi connectivity index (χ1v) is 12.1. The Morgan fingerprint density at radius 1 is 1.06 bits per heavy atom. The lowest BCUT2D eigenvalue weighted by molar-refractivity contribution is -0.113. The van der Waals surface area contributed by atoms with Gasteiger partial charge in [0.05, 0.1) is 36.1 Å². The highest BCUT2D eigenvalue weighted by molar-refractivity contribution is 7.99. The van der Waals surface area contributed by atoms with E-state index in [1.165, 1.54) is 44.2 Å². The molecule has 0 bridgehead atoms. The molecule has 1 amide bonds. The molecule has 0 aliphatic heterocycles. The van der Waals surface area contributed by atoms with Gasteiger partial charge in [-0.1, -0.05) is 29.4 Å². The molecular weight excluding hydrogens is 508 g/mol. The Hall–Kier alpha value is -3.57. The minimum Gasteiger partial charge on any atom is -0.481 e. The number of aryl methyl sites for hydroxylation is 1. The number of carbonyl (C=O) groups is 3. The Balaban J connectivity index is 1.67. The Kier molecular flexibility index (Phi) is 8.94. The van der Waals surface area contributed by atoms with Crippen LogP contribution in [0.1, 0.15) is 45.1 Å². The number of benzene rings is 2. The number of ether oxygens (including phenoxy) is 3. The van der Waals surface area contributed by atoms with E-state index in [1.807, 2.05) is 26.0 Å². The first kappa shape index (κ1) is 27.0. The van der Waals surface area contributed by atoms with Crippen molar-refractivity contribution < 1.29 is 28.6 Å². The third-order valence-corrected chi connectivity index (χ3v) is 6.35. The van der Waals surface area contributed by atoms with Crippen molar-refractivity contribution in [1.29, 1.82) is 0 Å². The molecule has 2 aromatic carbocycles. The number of rotatable bonds is 9. The van der Waals surface area contributed by atoms with Crippen LogP contribution in [0.15, 0.2) is 41.6 Å². The summed E-state index contributed by atoms with van der Waals surface area (Å²) >= 11 is 7.39. The summed E-state index contributed by atoms with van der Waals surface area (Å²) in [6.07, 6.45) is -0.442. The molecule has 190 valence electrons. The van der Waals surface area contributed by atoms with E-state index in [0.717, 1.165) is 5.56 Å². The predicted octanol–water partition coefficient (Wildman–Crippen LogP) is 4.22. The number of hydrogen-bond donors (Lipinski definition) is 1. The number of nitrogens with one attached hydrogen (secondary N) is 1. The van der Waals surface area contributed by atoms with Crippen molar-refractivity contribution in [3.05, 3.63) is 63.9 Å². The number of amides is 1. The average Bonchev–Trinajstić information content (AvgIpc) is 3.23. The summed E-state index contributed by atoms with van der Waals surface area (Å²) in [6.45, 7) is 3.77. The highest BCUT2D eigenvalue weighted by Gasteiger charge is 2.20. The standard InChI is InChI=1S/C24H25ClN4O6S/c1-13-6-7-18(25)19(8-13)35-14(2)21-27-28-24(29(21)3)36-12-20(30)26-17-10-15(22(31)33-4)9-16(11-17)23(32)34-5/h6-11,14H,12H2,1-5H3,(H,26,30). The van der Waals surface area contributed by atoms with Gasteiger partial charge in [0, 0.05) is 12.7 Å². The van der Waals surface area contributed by atoms with Crippen LogP contribution in [0.2, 0.25) is 5.02 Å². The number of methoxy groups -OCH3 is 2. The Labute approximate surface area is 217 Å². The topological polar surface area (TPSA) is 122 Å². The van der Waals surface area contributed by atoms with Gasteiger partial charge in [0.15, 0.2) is 17.1 Å². The van der Waals surface area contributed by atoms with Gasteiger partial charge in [-0.25, -0.2) is 9.59 Å². The van der Waals surface area contributed by atoms with E-state index in [-0.39, 0.29) is 28.5 Å². The number of carbonyl (C=O) groups excluding carboxylic acids is 3. The number of halogens is 1. The first-order chi connectivity index (χ1) is 17.1. The van der Waals surface area contributed by atoms with Crippen LogP contribution < -0.4 is 10.1 Å². The Morgan fingerprint density at radius 2 is 1.69 bits per heavy atom. The van der Waals surface area contributed by atoms with E-state index < -0.39 is 18.0 Å². The van der Waals surface area contributed by atoms with E-state index >= 15 is 0 Å². The summed E-state index contributed by atoms with van der Waals surface area (Å²) in [7, 11) is 4.22. The largest absolute Gasteiger partial charge is 0.481 e. The lowest BCUT2D eigenvalue weighted by Crippen LogP contribution is -2.16. The van der Waals surface area contributed by atoms with Gasteiger partial charge in [-0.2, -0.15) is 0 Å². The molecule has 0 aliphatic rings. The number of nitrogens with zero attached hydrogens (tertiary/aromatic N) is 3. The molecule has 10 nitrogen and oxygen atoms in total. The maximum Gasteiger partial charge on any atom is 0.337 e. The molecule has 0 fully saturated rings. The minimum absolute atomic E-state index is 0.000922. The van der Waals surface area contributed by atoms with E-state index in [2.05, 4.69) is 15.5 Å². The fourth-order valence-electron chi connectivity index (χ4n) is 3.25. The van der Waals surface area contributed by atoms with Crippen molar-refractivity contribution >= 4 is 46.9 Å². The summed E-state index contributed by atoms with van der Waals surface area (Å²) < 4.78 is 17.1. The van der Waals surface area contributed by atoms with Gasteiger partial charge in [-0.15, -0.1) is 10.2 Å². The van der Waals surface area contributed by atoms with Crippen LogP contribution in [0.5, 0.6) is 5.75 Å². The van der Waals surface area contributed by atoms with Crippen molar-refractivity contribution in [2.45, 2.75) is 25.1 Å². The molecule has 0 aliphatic carbocycles. The average molecular weight is 533 g/mol. The third-order valence-electron chi connectivity index (χ3n) is 5.01. The van der Waals surface area contributed by atoms with Gasteiger partial charge in [0.1, 0.15) is 5.75 Å². The van der Waals surface area contributed by atoms with E-state index in [4.69, 9.17) is 25.8 Å². The second-order valence-corrected chi connectivity index (χ2v) is 9.06. The molecule has 1 heterocycles. The van der Waals surface area contributed by atoms with E-state index in [9.17, 15) is 14.4 Å². The van der Waals surface area contributed by atoms with Gasteiger partial charge in [-0.05, 0) is 49.7 Å². The first-order valence-electron chi connectivity index (χ1n) is 10.7. The summed E-state index contributed by atoms with van der Waals surface area (Å²) in [4.78, 5) is 36.5. The zero-order valence-corrected chi connectivity index (χ0v) is 21.9. The van der Waals surface area contributed by atoms with Crippen LogP contribution >= 0.6 is 23.4 Å². The summed E-state index contributed by atoms with van der Waals surface area (Å²) in [6, 6.07) is 9.66. The molecule has 1 unspecified atom stereocenters. The van der Waals surface area contributed by atoms with Crippen LogP contribution in [0.3, 0.4) is 0 Å². The van der Waals surface area contributed by atoms with Gasteiger partial charge in [-0.3, -0.25) is 4.79 Å². The van der Waals surface area contributed by atoms with Crippen LogP contribution in [0.4, 0.5) is 5.69 Å². The zero-order chi connectivity index (χ0) is 26.4. The van der Waals surface area contributed by atoms with Gasteiger partial charge in [0.25, 0.3) is 0 Å². The lowest BCUT2D eigenvalue weighted by Gasteiger charge is -2.15. The van der Waals surface area contributed by atoms with Gasteiger partial charge < -0.3 is 24.1 Å². The molecule has 0 saturated carbocycles. The molecule has 1 N–H and O–H groups in total. The summed E-state index contributed by atoms with van der Waals surface area (Å²) in [5.74, 6) is -0.578. The number of aromatic nitrogens is 3. The van der Waals surface area contributed by atoms with Gasteiger partial charge in [0.2, 0.25) is 5.91 Å². The number of anilines is 1. The molecule has 36 heavy (non-hydrogen) atoms. The van der Waals surface area contributed by atoms with E-state index in [1.54, 1.807) is 17.7 Å². The molecule has 1 atom stereocenters. The highest BCUT2D eigenvalue weighted by Crippen LogP contribution is 2.30. The molecule has 3 aromatic rings. The second kappa shape index (κ2) is 11.9. The van der Waals surface area contributed by atoms with Gasteiger partial charge >= 0.3 is 11.9 Å². The SMILES string of the molecule is COC(=O)c1cc(NC(=O)CSc2nnc(C(C)Oc3cc(C)ccc3Cl)n2C)cc(C(=O)OC)c1. The number of hydrogen-bond acceptors (Lipinski definition) is 9. The normalized spacial score (nSPS) is 11.5. The predicted molar refractivity (Wildman–Crippen MR) is 135 cm³/mol. The van der Waals surface area contributed by atoms with Crippen LogP contribution in [0, 0.1) is 6.92 Å². The Bertz CT molecular complexity index is 1260. The molecule has 0 radical (unpaired) electrons. The second-order valence-electron chi connectivity index (χ2n) is 7.71. The van der Waals surface area contributed by atoms with Crippen LogP contribution in [0.25, 0.3) is 0 Å². The molecule has 3 rings (SSSR count). The van der Waals surface area contributed by atoms with Crippen molar-refractivity contribution in [2.75, 3.05) is 25.3 Å². The molecule has 1 aromatic heterocycles. The van der Waals surface area contributed by atoms with Crippen molar-refractivity contribution in [3.63, 3.8) is 0 Å². The highest BCUT2D eigenvalue weighted by atomic mass is 35.5. The maximum absolute atomic E-state index is 12.6. The fourth-order valence-corrected chi connectivity index (χ4v) is 4.13. The molecule has 0 saturated heterocycles. The molecule has 12 heteroatoms. The van der Waals surface area contributed by atoms with Crippen molar-refractivity contribution in [2.24, 2.45) is 7.05 Å². The van der Waals surface area contributed by atoms with E-state index in [0.29, 0.717) is 21.8 Å². The summed E-state index contributed by atoms with van der Waals surface area (Å²) in [5, 5.41) is 12.0. The zero-order valence-electron chi connectivity index (χ0n) is 20.3. The quantitative estimate of drug-likeness (QED) is 0.319. The van der Waals surface area contributed by atoms with Crippen LogP contribution in [-0.4, -0.2) is 52.6 Å². The number of thioether (sulfide) groups is 1. The molecular formula is C24H25ClN4O6S. The minimum atomic E-state index is -0.652. The molecule has 0 spiro atoms. The Morgan fingerprint density at radius 3 is 2.31 bits per heavy atom. The number of esters is 2. The lowest BCUT2D eigenvalue weighted by atomic mass is 10.1. The monoisotopic (exact) mass is 532 g/mol.